The number of anilines is 1. The Morgan fingerprint density at radius 2 is 1.53 bits per heavy atom. The highest BCUT2D eigenvalue weighted by Gasteiger charge is 2.66. The molecule has 7 nitrogen and oxygen atoms in total. The van der Waals surface area contributed by atoms with Gasteiger partial charge in [0, 0.05) is 35.7 Å². The lowest BCUT2D eigenvalue weighted by atomic mass is 9.81. The minimum Gasteiger partial charge on any atom is -0.451 e. The summed E-state index contributed by atoms with van der Waals surface area (Å²) in [6, 6.07) is 16.7. The lowest BCUT2D eigenvalue weighted by Gasteiger charge is -2.28. The molecule has 0 N–H and O–H groups in total. The van der Waals surface area contributed by atoms with Crippen LogP contribution in [0.25, 0.3) is 22.2 Å². The van der Waals surface area contributed by atoms with Gasteiger partial charge < -0.3 is 4.74 Å². The summed E-state index contributed by atoms with van der Waals surface area (Å²) in [6.07, 6.45) is -0.214. The fraction of sp³-hybridized carbons (Fsp3) is 0.286. The number of benzene rings is 3. The van der Waals surface area contributed by atoms with E-state index in [1.54, 1.807) is 67.6 Å². The number of halogens is 5. The first-order valence-electron chi connectivity index (χ1n) is 14.9. The zero-order valence-electron chi connectivity index (χ0n) is 24.8. The third-order valence-corrected chi connectivity index (χ3v) is 14.4. The number of Topliss-reactive ketones (excluding diaryl/α,β-unsaturated/α-hetero) is 1. The summed E-state index contributed by atoms with van der Waals surface area (Å²) in [6.45, 7) is 3.33. The Morgan fingerprint density at radius 1 is 0.936 bits per heavy atom. The Hall–Kier alpha value is -2.63. The van der Waals surface area contributed by atoms with Crippen LogP contribution in [0.15, 0.2) is 65.1 Å². The molecule has 7 rings (SSSR count). The number of esters is 1. The molecular formula is C35H25Br3Cl2N2O5. The zero-order valence-corrected chi connectivity index (χ0v) is 31.1. The standard InChI is InChI=1S/C35H25Br3Cl2N2O5/c1-14-30(40)24(36)12-20-21(35(46)47-15(2)32(43)17-3-7-18(39)8-4-17)13-25(41-31(14)20)16-5-9-19(10-6-16)42-33(44)26-22-11-23(27(26)34(42)45)29(38)28(22)37/h3-10,12-13,15,22-23,26-29H,11H2,1-2H3. The molecule has 2 aliphatic carbocycles. The number of hydrogen-bond acceptors (Lipinski definition) is 6. The van der Waals surface area contributed by atoms with Crippen LogP contribution in [-0.4, -0.2) is 44.3 Å². The van der Waals surface area contributed by atoms with Gasteiger partial charge in [0.1, 0.15) is 0 Å². The molecule has 7 unspecified atom stereocenters. The van der Waals surface area contributed by atoms with Crippen molar-refractivity contribution in [3.63, 3.8) is 0 Å². The van der Waals surface area contributed by atoms with E-state index in [0.717, 1.165) is 6.42 Å². The molecule has 2 saturated carbocycles. The van der Waals surface area contributed by atoms with Crippen molar-refractivity contribution in [2.75, 3.05) is 4.90 Å². The van der Waals surface area contributed by atoms with Crippen LogP contribution < -0.4 is 4.90 Å². The van der Waals surface area contributed by atoms with E-state index in [4.69, 9.17) is 32.9 Å². The van der Waals surface area contributed by atoms with Crippen molar-refractivity contribution < 1.29 is 23.9 Å². The van der Waals surface area contributed by atoms with Gasteiger partial charge in [-0.15, -0.1) is 0 Å². The summed E-state index contributed by atoms with van der Waals surface area (Å²) in [5.74, 6) is -1.78. The molecule has 4 aromatic rings. The molecule has 3 aliphatic rings. The number of ketones is 1. The van der Waals surface area contributed by atoms with Gasteiger partial charge in [-0.05, 0) is 102 Å². The number of alkyl halides is 2. The van der Waals surface area contributed by atoms with Crippen molar-refractivity contribution in [3.8, 4) is 11.3 Å². The van der Waals surface area contributed by atoms with Gasteiger partial charge in [-0.25, -0.2) is 9.78 Å². The molecule has 2 bridgehead atoms. The predicted octanol–water partition coefficient (Wildman–Crippen LogP) is 8.99. The van der Waals surface area contributed by atoms with E-state index in [1.807, 2.05) is 0 Å². The topological polar surface area (TPSA) is 93.6 Å². The average molecular weight is 864 g/mol. The van der Waals surface area contributed by atoms with Gasteiger partial charge in [-0.1, -0.05) is 67.2 Å². The quantitative estimate of drug-likeness (QED) is 0.0832. The minimum absolute atomic E-state index is 0.120. The number of imide groups is 1. The largest absolute Gasteiger partial charge is 0.451 e. The highest BCUT2D eigenvalue weighted by Crippen LogP contribution is 2.60. The van der Waals surface area contributed by atoms with Crippen molar-refractivity contribution in [3.05, 3.63) is 91.9 Å². The Morgan fingerprint density at radius 3 is 2.13 bits per heavy atom. The monoisotopic (exact) mass is 860 g/mol. The smallest absolute Gasteiger partial charge is 0.339 e. The Balaban J connectivity index is 1.21. The van der Waals surface area contributed by atoms with Crippen molar-refractivity contribution in [2.45, 2.75) is 36.0 Å². The first-order chi connectivity index (χ1) is 22.4. The van der Waals surface area contributed by atoms with Gasteiger partial charge >= 0.3 is 5.97 Å². The summed E-state index contributed by atoms with van der Waals surface area (Å²) in [7, 11) is 0. The predicted molar refractivity (Wildman–Crippen MR) is 192 cm³/mol. The number of fused-ring (bicyclic) bond motifs is 6. The van der Waals surface area contributed by atoms with Crippen molar-refractivity contribution in [1.29, 1.82) is 0 Å². The number of amides is 2. The molecule has 0 spiro atoms. The van der Waals surface area contributed by atoms with Gasteiger partial charge in [-0.2, -0.15) is 0 Å². The SMILES string of the molecule is Cc1c(Cl)c(Br)cc2c(C(=O)OC(C)C(=O)c3ccc(Cl)cc3)cc(-c3ccc(N4C(=O)C5C6CC(C(Br)C6Br)C5C4=O)cc3)nc12. The van der Waals surface area contributed by atoms with E-state index in [2.05, 4.69) is 47.8 Å². The molecule has 0 radical (unpaired) electrons. The second-order valence-corrected chi connectivity index (χ2v) is 16.0. The number of aromatic nitrogens is 1. The molecule has 1 aliphatic heterocycles. The normalized spacial score (nSPS) is 25.4. The van der Waals surface area contributed by atoms with Gasteiger partial charge in [0.15, 0.2) is 6.10 Å². The van der Waals surface area contributed by atoms with E-state index in [-0.39, 0.29) is 56.5 Å². The van der Waals surface area contributed by atoms with Crippen LogP contribution in [0.3, 0.4) is 0 Å². The lowest BCUT2D eigenvalue weighted by molar-refractivity contribution is -0.123. The van der Waals surface area contributed by atoms with Crippen LogP contribution >= 0.6 is 71.0 Å². The molecule has 1 saturated heterocycles. The molecule has 7 atom stereocenters. The van der Waals surface area contributed by atoms with Gasteiger partial charge in [-0.3, -0.25) is 19.3 Å². The van der Waals surface area contributed by atoms with Gasteiger partial charge in [0.25, 0.3) is 0 Å². The molecule has 2 amide bonds. The van der Waals surface area contributed by atoms with Crippen LogP contribution in [0.2, 0.25) is 10.0 Å². The number of carbonyl (C=O) groups excluding carboxylic acids is 4. The maximum Gasteiger partial charge on any atom is 0.339 e. The van der Waals surface area contributed by atoms with Gasteiger partial charge in [0.2, 0.25) is 17.6 Å². The minimum atomic E-state index is -1.07. The van der Waals surface area contributed by atoms with Crippen LogP contribution in [0.1, 0.15) is 39.6 Å². The van der Waals surface area contributed by atoms with Crippen LogP contribution in [0.4, 0.5) is 5.69 Å². The number of ether oxygens (including phenoxy) is 1. The van der Waals surface area contributed by atoms with E-state index >= 15 is 0 Å². The van der Waals surface area contributed by atoms with E-state index in [1.165, 1.54) is 11.8 Å². The molecule has 2 heterocycles. The molecular weight excluding hydrogens is 839 g/mol. The molecule has 3 fully saturated rings. The zero-order chi connectivity index (χ0) is 33.5. The number of carbonyl (C=O) groups is 4. The van der Waals surface area contributed by atoms with E-state index in [0.29, 0.717) is 53.5 Å². The summed E-state index contributed by atoms with van der Waals surface area (Å²) in [5, 5.41) is 1.44. The Labute approximate surface area is 305 Å². The summed E-state index contributed by atoms with van der Waals surface area (Å²) >= 11 is 23.5. The molecule has 1 aromatic heterocycles. The van der Waals surface area contributed by atoms with Crippen LogP contribution in [0, 0.1) is 30.6 Å². The first kappa shape index (κ1) is 32.9. The second kappa shape index (κ2) is 12.4. The fourth-order valence-corrected chi connectivity index (χ4v) is 9.96. The Bertz CT molecular complexity index is 1970. The van der Waals surface area contributed by atoms with Crippen LogP contribution in [-0.2, 0) is 14.3 Å². The van der Waals surface area contributed by atoms with E-state index in [9.17, 15) is 19.2 Å². The third-order valence-electron chi connectivity index (χ3n) is 9.63. The molecule has 3 aromatic carbocycles. The van der Waals surface area contributed by atoms with Crippen molar-refractivity contribution in [2.24, 2.45) is 23.7 Å². The Kier molecular flexibility index (Phi) is 8.65. The summed E-state index contributed by atoms with van der Waals surface area (Å²) in [5.41, 5.74) is 3.30. The number of pyridine rings is 1. The van der Waals surface area contributed by atoms with Crippen LogP contribution in [0.5, 0.6) is 0 Å². The third kappa shape index (κ3) is 5.39. The molecule has 47 heavy (non-hydrogen) atoms. The number of hydrogen-bond donors (Lipinski definition) is 0. The summed E-state index contributed by atoms with van der Waals surface area (Å²) in [4.78, 5) is 60.3. The number of aryl methyl sites for hydroxylation is 1. The average Bonchev–Trinajstić information content (AvgIpc) is 3.68. The van der Waals surface area contributed by atoms with Crippen molar-refractivity contribution in [1.82, 2.24) is 4.98 Å². The lowest BCUT2D eigenvalue weighted by Crippen LogP contribution is -2.37. The highest BCUT2D eigenvalue weighted by atomic mass is 79.9. The summed E-state index contributed by atoms with van der Waals surface area (Å²) < 4.78 is 6.27. The fourth-order valence-electron chi connectivity index (χ4n) is 7.29. The highest BCUT2D eigenvalue weighted by molar-refractivity contribution is 9.12. The second-order valence-electron chi connectivity index (χ2n) is 12.2. The van der Waals surface area contributed by atoms with Gasteiger partial charge in [0.05, 0.1) is 39.3 Å². The number of rotatable bonds is 6. The van der Waals surface area contributed by atoms with E-state index < -0.39 is 12.1 Å². The first-order valence-corrected chi connectivity index (χ1v) is 18.3. The number of nitrogens with zero attached hydrogens (tertiary/aromatic N) is 2. The molecule has 12 heteroatoms. The maximum absolute atomic E-state index is 13.7. The van der Waals surface area contributed by atoms with Crippen molar-refractivity contribution >= 4 is 111 Å². The molecule has 240 valence electrons. The maximum atomic E-state index is 13.7.